The fourth-order valence-corrected chi connectivity index (χ4v) is 4.25. The van der Waals surface area contributed by atoms with E-state index in [4.69, 9.17) is 17.0 Å². The highest BCUT2D eigenvalue weighted by molar-refractivity contribution is 7.80. The zero-order valence-corrected chi connectivity index (χ0v) is 20.8. The SMILES string of the molecule is CCN1C(=S)NC(c2ccc(NC(=O)c3ccc(C(C)(C)C)cc3)cc2)C(C(=O)OC)=C1C. The molecule has 1 atom stereocenters. The molecule has 1 aliphatic heterocycles. The van der Waals surface area contributed by atoms with Gasteiger partial charge in [-0.3, -0.25) is 4.79 Å². The van der Waals surface area contributed by atoms with E-state index in [-0.39, 0.29) is 11.3 Å². The van der Waals surface area contributed by atoms with Crippen molar-refractivity contribution in [3.63, 3.8) is 0 Å². The lowest BCUT2D eigenvalue weighted by Crippen LogP contribution is -2.47. The number of carbonyl (C=O) groups is 2. The van der Waals surface area contributed by atoms with Crippen LogP contribution in [-0.4, -0.2) is 35.5 Å². The van der Waals surface area contributed by atoms with Crippen LogP contribution in [0, 0.1) is 0 Å². The minimum Gasteiger partial charge on any atom is -0.466 e. The van der Waals surface area contributed by atoms with Gasteiger partial charge in [0, 0.05) is 23.5 Å². The van der Waals surface area contributed by atoms with Crippen molar-refractivity contribution in [1.29, 1.82) is 0 Å². The van der Waals surface area contributed by atoms with E-state index in [0.29, 0.717) is 28.5 Å². The molecular formula is C26H31N3O3S. The summed E-state index contributed by atoms with van der Waals surface area (Å²) in [7, 11) is 1.37. The number of thiocarbonyl (C=S) groups is 1. The van der Waals surface area contributed by atoms with E-state index in [0.717, 1.165) is 11.3 Å². The second-order valence-electron chi connectivity index (χ2n) is 9.02. The Morgan fingerprint density at radius 3 is 2.21 bits per heavy atom. The Hall–Kier alpha value is -3.19. The molecule has 1 unspecified atom stereocenters. The molecule has 0 bridgehead atoms. The van der Waals surface area contributed by atoms with Crippen LogP contribution in [-0.2, 0) is 14.9 Å². The van der Waals surface area contributed by atoms with Crippen LogP contribution in [0.2, 0.25) is 0 Å². The summed E-state index contributed by atoms with van der Waals surface area (Å²) < 4.78 is 5.03. The predicted octanol–water partition coefficient (Wildman–Crippen LogP) is 4.93. The minimum atomic E-state index is -0.428. The molecule has 174 valence electrons. The van der Waals surface area contributed by atoms with E-state index in [1.807, 2.05) is 67.3 Å². The highest BCUT2D eigenvalue weighted by Gasteiger charge is 2.33. The van der Waals surface area contributed by atoms with Crippen molar-refractivity contribution in [2.24, 2.45) is 0 Å². The van der Waals surface area contributed by atoms with Gasteiger partial charge in [-0.1, -0.05) is 45.0 Å². The number of hydrogen-bond donors (Lipinski definition) is 2. The van der Waals surface area contributed by atoms with Crippen molar-refractivity contribution >= 4 is 34.9 Å². The van der Waals surface area contributed by atoms with Crippen LogP contribution in [0.1, 0.15) is 62.1 Å². The standard InChI is InChI=1S/C26H31N3O3S/c1-7-29-16(2)21(24(31)32-6)22(28-25(29)33)17-10-14-20(15-11-17)27-23(30)18-8-12-19(13-9-18)26(3,4)5/h8-15,22H,7H2,1-6H3,(H,27,30)(H,28,33). The molecule has 0 aromatic heterocycles. The Labute approximate surface area is 201 Å². The molecule has 6 nitrogen and oxygen atoms in total. The van der Waals surface area contributed by atoms with Gasteiger partial charge >= 0.3 is 5.97 Å². The summed E-state index contributed by atoms with van der Waals surface area (Å²) in [6.07, 6.45) is 0. The Bertz CT molecular complexity index is 1080. The number of benzene rings is 2. The summed E-state index contributed by atoms with van der Waals surface area (Å²) in [5, 5.41) is 6.73. The summed E-state index contributed by atoms with van der Waals surface area (Å²) >= 11 is 5.50. The number of nitrogens with zero attached hydrogens (tertiary/aromatic N) is 1. The largest absolute Gasteiger partial charge is 0.466 e. The molecule has 1 amide bonds. The van der Waals surface area contributed by atoms with Gasteiger partial charge in [0.25, 0.3) is 5.91 Å². The average molecular weight is 466 g/mol. The van der Waals surface area contributed by atoms with Crippen LogP contribution < -0.4 is 10.6 Å². The number of allylic oxidation sites excluding steroid dienone is 1. The topological polar surface area (TPSA) is 70.7 Å². The third kappa shape index (κ3) is 5.25. The second kappa shape index (κ2) is 9.75. The summed E-state index contributed by atoms with van der Waals surface area (Å²) in [5.41, 5.74) is 4.60. The number of anilines is 1. The number of methoxy groups -OCH3 is 1. The van der Waals surface area contributed by atoms with Crippen molar-refractivity contribution in [3.05, 3.63) is 76.5 Å². The summed E-state index contributed by atoms with van der Waals surface area (Å²) in [5.74, 6) is -0.577. The number of esters is 1. The smallest absolute Gasteiger partial charge is 0.337 e. The van der Waals surface area contributed by atoms with E-state index in [1.54, 1.807) is 0 Å². The molecule has 3 rings (SSSR count). The summed E-state index contributed by atoms with van der Waals surface area (Å²) in [6, 6.07) is 14.6. The highest BCUT2D eigenvalue weighted by atomic mass is 32.1. The van der Waals surface area contributed by atoms with Crippen LogP contribution >= 0.6 is 12.2 Å². The maximum Gasteiger partial charge on any atom is 0.337 e. The van der Waals surface area contributed by atoms with Gasteiger partial charge in [-0.15, -0.1) is 0 Å². The molecule has 0 aliphatic carbocycles. The maximum absolute atomic E-state index is 12.7. The molecule has 0 radical (unpaired) electrons. The van der Waals surface area contributed by atoms with Gasteiger partial charge in [-0.25, -0.2) is 4.79 Å². The van der Waals surface area contributed by atoms with Gasteiger partial charge in [-0.05, 0) is 66.9 Å². The molecule has 7 heteroatoms. The van der Waals surface area contributed by atoms with Gasteiger partial charge in [0.15, 0.2) is 5.11 Å². The fraction of sp³-hybridized carbons (Fsp3) is 0.346. The Morgan fingerprint density at radius 1 is 1.09 bits per heavy atom. The van der Waals surface area contributed by atoms with Gasteiger partial charge < -0.3 is 20.3 Å². The fourth-order valence-electron chi connectivity index (χ4n) is 3.87. The summed E-state index contributed by atoms with van der Waals surface area (Å²) in [6.45, 7) is 10.9. The number of amides is 1. The van der Waals surface area contributed by atoms with Crippen molar-refractivity contribution in [1.82, 2.24) is 10.2 Å². The van der Waals surface area contributed by atoms with Gasteiger partial charge in [0.1, 0.15) is 0 Å². The molecule has 0 fully saturated rings. The first-order valence-corrected chi connectivity index (χ1v) is 11.4. The first-order valence-electron chi connectivity index (χ1n) is 11.0. The Morgan fingerprint density at radius 2 is 1.70 bits per heavy atom. The van der Waals surface area contributed by atoms with Gasteiger partial charge in [-0.2, -0.15) is 0 Å². The highest BCUT2D eigenvalue weighted by Crippen LogP contribution is 2.32. The van der Waals surface area contributed by atoms with Crippen LogP contribution in [0.3, 0.4) is 0 Å². The van der Waals surface area contributed by atoms with Crippen molar-refractivity contribution in [2.45, 2.75) is 46.1 Å². The van der Waals surface area contributed by atoms with Gasteiger partial charge in [0.05, 0.1) is 18.7 Å². The third-order valence-electron chi connectivity index (χ3n) is 5.83. The molecular weight excluding hydrogens is 434 g/mol. The molecule has 1 aliphatic rings. The first-order chi connectivity index (χ1) is 15.6. The lowest BCUT2D eigenvalue weighted by molar-refractivity contribution is -0.136. The first kappa shape index (κ1) is 24.5. The minimum absolute atomic E-state index is 0.0321. The monoisotopic (exact) mass is 465 g/mol. The van der Waals surface area contributed by atoms with Crippen LogP contribution in [0.25, 0.3) is 0 Å². The maximum atomic E-state index is 12.7. The molecule has 0 spiro atoms. The van der Waals surface area contributed by atoms with E-state index in [2.05, 4.69) is 31.4 Å². The van der Waals surface area contributed by atoms with Crippen molar-refractivity contribution in [2.75, 3.05) is 19.0 Å². The Balaban J connectivity index is 1.80. The number of nitrogens with one attached hydrogen (secondary N) is 2. The van der Waals surface area contributed by atoms with E-state index < -0.39 is 12.0 Å². The normalized spacial score (nSPS) is 16.4. The third-order valence-corrected chi connectivity index (χ3v) is 6.17. The Kier molecular flexibility index (Phi) is 7.22. The van der Waals surface area contributed by atoms with E-state index in [9.17, 15) is 9.59 Å². The molecule has 1 heterocycles. The average Bonchev–Trinajstić information content (AvgIpc) is 2.78. The number of carbonyl (C=O) groups excluding carboxylic acids is 2. The zero-order valence-electron chi connectivity index (χ0n) is 20.0. The molecule has 2 aromatic carbocycles. The zero-order chi connectivity index (χ0) is 24.3. The van der Waals surface area contributed by atoms with Gasteiger partial charge in [0.2, 0.25) is 0 Å². The number of ether oxygens (including phenoxy) is 1. The van der Waals surface area contributed by atoms with E-state index >= 15 is 0 Å². The molecule has 2 N–H and O–H groups in total. The molecule has 0 saturated heterocycles. The van der Waals surface area contributed by atoms with Crippen molar-refractivity contribution in [3.8, 4) is 0 Å². The molecule has 2 aromatic rings. The number of rotatable bonds is 5. The van der Waals surface area contributed by atoms with Crippen LogP contribution in [0.4, 0.5) is 5.69 Å². The van der Waals surface area contributed by atoms with E-state index in [1.165, 1.54) is 12.7 Å². The second-order valence-corrected chi connectivity index (χ2v) is 9.41. The quantitative estimate of drug-likeness (QED) is 0.482. The van der Waals surface area contributed by atoms with Crippen LogP contribution in [0.5, 0.6) is 0 Å². The predicted molar refractivity (Wildman–Crippen MR) is 135 cm³/mol. The number of hydrogen-bond acceptors (Lipinski definition) is 4. The molecule has 33 heavy (non-hydrogen) atoms. The summed E-state index contributed by atoms with van der Waals surface area (Å²) in [4.78, 5) is 27.1. The van der Waals surface area contributed by atoms with Crippen molar-refractivity contribution < 1.29 is 14.3 Å². The lowest BCUT2D eigenvalue weighted by Gasteiger charge is -2.36. The molecule has 0 saturated carbocycles. The van der Waals surface area contributed by atoms with Crippen LogP contribution in [0.15, 0.2) is 59.8 Å². The lowest BCUT2D eigenvalue weighted by atomic mass is 9.87.